The van der Waals surface area contributed by atoms with Crippen LogP contribution in [0, 0.1) is 0 Å². The summed E-state index contributed by atoms with van der Waals surface area (Å²) in [7, 11) is 0. The maximum Gasteiger partial charge on any atom is 0.416 e. The van der Waals surface area contributed by atoms with Crippen LogP contribution in [0.4, 0.5) is 13.2 Å². The molecule has 1 heterocycles. The maximum atomic E-state index is 12.9. The Morgan fingerprint density at radius 2 is 1.80 bits per heavy atom. The Bertz CT molecular complexity index is 951. The Morgan fingerprint density at radius 3 is 2.44 bits per heavy atom. The minimum absolute atomic E-state index is 0.0669. The summed E-state index contributed by atoms with van der Waals surface area (Å²) in [5, 5.41) is 15.4. The zero-order valence-corrected chi connectivity index (χ0v) is 13.2. The zero-order valence-electron chi connectivity index (χ0n) is 12.4. The molecule has 25 heavy (non-hydrogen) atoms. The van der Waals surface area contributed by atoms with Gasteiger partial charge in [0.1, 0.15) is 5.69 Å². The number of carbonyl (C=O) groups excluding carboxylic acids is 1. The van der Waals surface area contributed by atoms with E-state index in [2.05, 4.69) is 5.10 Å². The van der Waals surface area contributed by atoms with Crippen molar-refractivity contribution in [2.24, 2.45) is 0 Å². The lowest BCUT2D eigenvalue weighted by atomic mass is 10.1. The second-order valence-corrected chi connectivity index (χ2v) is 5.61. The van der Waals surface area contributed by atoms with Crippen molar-refractivity contribution in [1.82, 2.24) is 9.78 Å². The molecule has 2 aromatic carbocycles. The summed E-state index contributed by atoms with van der Waals surface area (Å²) in [4.78, 5) is 11.1. The maximum absolute atomic E-state index is 12.9. The average Bonchev–Trinajstić information content (AvgIpc) is 3.00. The van der Waals surface area contributed by atoms with E-state index < -0.39 is 23.4 Å². The summed E-state index contributed by atoms with van der Waals surface area (Å²) in [5.74, 6) is -1.53. The van der Waals surface area contributed by atoms with Gasteiger partial charge in [-0.2, -0.15) is 18.3 Å². The van der Waals surface area contributed by atoms with Crippen molar-refractivity contribution in [2.75, 3.05) is 0 Å². The minimum atomic E-state index is -4.53. The van der Waals surface area contributed by atoms with Crippen LogP contribution in [-0.4, -0.2) is 15.7 Å². The van der Waals surface area contributed by atoms with Gasteiger partial charge in [0.2, 0.25) is 0 Å². The van der Waals surface area contributed by atoms with E-state index in [1.54, 1.807) is 24.3 Å². The second kappa shape index (κ2) is 6.25. The van der Waals surface area contributed by atoms with Crippen molar-refractivity contribution < 1.29 is 23.1 Å². The molecule has 0 N–H and O–H groups in total. The molecule has 0 unspecified atom stereocenters. The fourth-order valence-corrected chi connectivity index (χ4v) is 2.54. The Morgan fingerprint density at radius 1 is 1.08 bits per heavy atom. The lowest BCUT2D eigenvalue weighted by Gasteiger charge is -2.11. The topological polar surface area (TPSA) is 57.9 Å². The number of hydrogen-bond acceptors (Lipinski definition) is 3. The first-order chi connectivity index (χ1) is 11.8. The summed E-state index contributed by atoms with van der Waals surface area (Å²) >= 11 is 5.94. The minimum Gasteiger partial charge on any atom is -0.543 e. The first-order valence-electron chi connectivity index (χ1n) is 7.01. The molecule has 4 nitrogen and oxygen atoms in total. The number of aromatic carboxylic acids is 1. The van der Waals surface area contributed by atoms with E-state index in [1.165, 1.54) is 18.2 Å². The molecule has 8 heteroatoms. The predicted molar refractivity (Wildman–Crippen MR) is 83.3 cm³/mol. The molecule has 128 valence electrons. The van der Waals surface area contributed by atoms with Gasteiger partial charge in [0, 0.05) is 10.6 Å². The van der Waals surface area contributed by atoms with Crippen LogP contribution in [0.25, 0.3) is 16.9 Å². The molecule has 0 aliphatic carbocycles. The van der Waals surface area contributed by atoms with Crippen LogP contribution in [0.1, 0.15) is 16.1 Å². The van der Waals surface area contributed by atoms with Crippen molar-refractivity contribution in [2.45, 2.75) is 6.18 Å². The van der Waals surface area contributed by atoms with Gasteiger partial charge in [0.25, 0.3) is 0 Å². The van der Waals surface area contributed by atoms with Gasteiger partial charge in [0.15, 0.2) is 0 Å². The Hall–Kier alpha value is -2.80. The number of alkyl halides is 3. The van der Waals surface area contributed by atoms with Gasteiger partial charge in [-0.1, -0.05) is 29.8 Å². The van der Waals surface area contributed by atoms with Crippen LogP contribution in [0.5, 0.6) is 0 Å². The highest BCUT2D eigenvalue weighted by Crippen LogP contribution is 2.32. The summed E-state index contributed by atoms with van der Waals surface area (Å²) < 4.78 is 39.9. The lowest BCUT2D eigenvalue weighted by molar-refractivity contribution is -0.255. The molecule has 0 aliphatic heterocycles. The van der Waals surface area contributed by atoms with E-state index in [4.69, 9.17) is 11.6 Å². The van der Waals surface area contributed by atoms with E-state index in [0.717, 1.165) is 16.8 Å². The standard InChI is InChI=1S/C17H10ClF3N2O2/c18-12-5-1-3-10(7-12)15-9-14(16(24)25)22-23(15)13-6-2-4-11(8-13)17(19,20)21/h1-9H,(H,24,25)/p-1. The van der Waals surface area contributed by atoms with Crippen molar-refractivity contribution in [3.8, 4) is 16.9 Å². The summed E-state index contributed by atoms with van der Waals surface area (Å²) in [6.45, 7) is 0. The number of rotatable bonds is 3. The third kappa shape index (κ3) is 3.51. The number of carboxylic acid groups (broad SMARTS) is 1. The van der Waals surface area contributed by atoms with E-state index in [1.807, 2.05) is 0 Å². The van der Waals surface area contributed by atoms with Crippen LogP contribution in [0.2, 0.25) is 5.02 Å². The van der Waals surface area contributed by atoms with Gasteiger partial charge >= 0.3 is 6.18 Å². The smallest absolute Gasteiger partial charge is 0.416 e. The molecule has 0 radical (unpaired) electrons. The number of aromatic nitrogens is 2. The predicted octanol–water partition coefficient (Wildman–Crippen LogP) is 3.58. The van der Waals surface area contributed by atoms with E-state index >= 15 is 0 Å². The van der Waals surface area contributed by atoms with Gasteiger partial charge in [-0.15, -0.1) is 0 Å². The van der Waals surface area contributed by atoms with Crippen LogP contribution in [-0.2, 0) is 6.18 Å². The highest BCUT2D eigenvalue weighted by atomic mass is 35.5. The highest BCUT2D eigenvalue weighted by Gasteiger charge is 2.30. The summed E-state index contributed by atoms with van der Waals surface area (Å²) in [6, 6.07) is 12.1. The molecule has 3 aromatic rings. The molecule has 0 fully saturated rings. The van der Waals surface area contributed by atoms with Crippen LogP contribution in [0.15, 0.2) is 54.6 Å². The van der Waals surface area contributed by atoms with E-state index in [0.29, 0.717) is 10.6 Å². The number of carbonyl (C=O) groups is 1. The molecule has 0 bridgehead atoms. The number of halogens is 4. The van der Waals surface area contributed by atoms with Crippen molar-refractivity contribution in [3.05, 3.63) is 70.9 Å². The first-order valence-corrected chi connectivity index (χ1v) is 7.38. The van der Waals surface area contributed by atoms with Crippen molar-refractivity contribution in [1.29, 1.82) is 0 Å². The number of hydrogen-bond donors (Lipinski definition) is 0. The molecule has 0 aliphatic rings. The van der Waals surface area contributed by atoms with E-state index in [9.17, 15) is 23.1 Å². The number of carboxylic acids is 1. The fraction of sp³-hybridized carbons (Fsp3) is 0.0588. The molecule has 0 atom stereocenters. The summed E-state index contributed by atoms with van der Waals surface area (Å²) in [6.07, 6.45) is -4.53. The van der Waals surface area contributed by atoms with Crippen LogP contribution in [0.3, 0.4) is 0 Å². The monoisotopic (exact) mass is 365 g/mol. The first kappa shape index (κ1) is 17.0. The Labute approximate surface area is 145 Å². The SMILES string of the molecule is O=C([O-])c1cc(-c2cccc(Cl)c2)n(-c2cccc(C(F)(F)F)c2)n1. The summed E-state index contributed by atoms with van der Waals surface area (Å²) in [5.41, 5.74) is -0.414. The number of nitrogens with zero attached hydrogens (tertiary/aromatic N) is 2. The zero-order chi connectivity index (χ0) is 18.2. The average molecular weight is 366 g/mol. The van der Waals surface area contributed by atoms with Crippen molar-refractivity contribution in [3.63, 3.8) is 0 Å². The fourth-order valence-electron chi connectivity index (χ4n) is 2.35. The molecule has 0 amide bonds. The molecule has 1 aromatic heterocycles. The molecule has 0 spiro atoms. The largest absolute Gasteiger partial charge is 0.543 e. The molecule has 0 saturated heterocycles. The normalized spacial score (nSPS) is 11.5. The molecular weight excluding hydrogens is 357 g/mol. The second-order valence-electron chi connectivity index (χ2n) is 5.17. The lowest BCUT2D eigenvalue weighted by Crippen LogP contribution is -2.23. The molecule has 3 rings (SSSR count). The quantitative estimate of drug-likeness (QED) is 0.713. The van der Waals surface area contributed by atoms with Gasteiger partial charge in [-0.05, 0) is 36.4 Å². The van der Waals surface area contributed by atoms with Crippen molar-refractivity contribution >= 4 is 17.6 Å². The van der Waals surface area contributed by atoms with E-state index in [-0.39, 0.29) is 11.4 Å². The van der Waals surface area contributed by atoms with Gasteiger partial charge in [-0.3, -0.25) is 0 Å². The third-order valence-corrected chi connectivity index (χ3v) is 3.69. The van der Waals surface area contributed by atoms with Gasteiger partial charge in [-0.25, -0.2) is 4.68 Å². The van der Waals surface area contributed by atoms with Crippen LogP contribution >= 0.6 is 11.6 Å². The van der Waals surface area contributed by atoms with Gasteiger partial charge in [0.05, 0.1) is 22.9 Å². The van der Waals surface area contributed by atoms with Gasteiger partial charge < -0.3 is 9.90 Å². The highest BCUT2D eigenvalue weighted by molar-refractivity contribution is 6.30. The van der Waals surface area contributed by atoms with Crippen LogP contribution < -0.4 is 5.11 Å². The Kier molecular flexibility index (Phi) is 4.26. The molecule has 0 saturated carbocycles. The Balaban J connectivity index is 2.21. The number of benzene rings is 2. The third-order valence-electron chi connectivity index (χ3n) is 3.46. The molecular formula is C17H9ClF3N2O2-.